The van der Waals surface area contributed by atoms with E-state index in [1.165, 1.54) is 0 Å². The maximum absolute atomic E-state index is 13.0. The Bertz CT molecular complexity index is 1020. The Morgan fingerprint density at radius 2 is 1.59 bits per heavy atom. The highest BCUT2D eigenvalue weighted by atomic mass is 35.5. The summed E-state index contributed by atoms with van der Waals surface area (Å²) in [5, 5.41) is 2.88. The Morgan fingerprint density at radius 1 is 0.971 bits per heavy atom. The Balaban J connectivity index is 1.26. The second-order valence-corrected chi connectivity index (χ2v) is 9.15. The van der Waals surface area contributed by atoms with Gasteiger partial charge in [-0.25, -0.2) is 4.98 Å². The van der Waals surface area contributed by atoms with Crippen LogP contribution in [0, 0.1) is 11.8 Å². The van der Waals surface area contributed by atoms with Gasteiger partial charge in [0.05, 0.1) is 10.6 Å². The van der Waals surface area contributed by atoms with Crippen LogP contribution in [-0.2, 0) is 15.8 Å². The highest BCUT2D eigenvalue weighted by Crippen LogP contribution is 2.35. The molecule has 0 atom stereocenters. The number of carbonyl (C=O) groups excluding carboxylic acids is 2. The molecule has 0 radical (unpaired) electrons. The number of para-hydroxylation sites is 1. The Kier molecular flexibility index (Phi) is 7.30. The van der Waals surface area contributed by atoms with E-state index in [9.17, 15) is 22.8 Å². The standard InChI is InChI=1S/C24H26ClF3N4O2/c25-20-14-18(24(26,27)28)15-29-21(20)31-10-8-17(9-11-31)23(34)32-12-6-16(7-13-32)22(33)30-19-4-2-1-3-5-19/h1-5,14-17H,6-13H2,(H,30,33). The van der Waals surface area contributed by atoms with Gasteiger partial charge < -0.3 is 15.1 Å². The summed E-state index contributed by atoms with van der Waals surface area (Å²) < 4.78 is 38.5. The van der Waals surface area contributed by atoms with E-state index in [-0.39, 0.29) is 28.7 Å². The molecule has 2 saturated heterocycles. The zero-order chi connectivity index (χ0) is 24.3. The molecule has 1 aromatic carbocycles. The van der Waals surface area contributed by atoms with Gasteiger partial charge in [-0.05, 0) is 43.9 Å². The molecule has 1 aromatic heterocycles. The Labute approximate surface area is 201 Å². The van der Waals surface area contributed by atoms with Crippen molar-refractivity contribution in [3.8, 4) is 0 Å². The SMILES string of the molecule is O=C(Nc1ccccc1)C1CCN(C(=O)C2CCN(c3ncc(C(F)(F)F)cc3Cl)CC2)CC1. The van der Waals surface area contributed by atoms with Crippen LogP contribution in [0.4, 0.5) is 24.7 Å². The van der Waals surface area contributed by atoms with Crippen molar-refractivity contribution in [2.45, 2.75) is 31.9 Å². The van der Waals surface area contributed by atoms with Crippen LogP contribution in [0.2, 0.25) is 5.02 Å². The molecule has 2 aliphatic rings. The fourth-order valence-corrected chi connectivity index (χ4v) is 4.83. The molecule has 0 spiro atoms. The zero-order valence-electron chi connectivity index (χ0n) is 18.5. The Hall–Kier alpha value is -2.81. The minimum atomic E-state index is -4.50. The number of nitrogens with one attached hydrogen (secondary N) is 1. The van der Waals surface area contributed by atoms with Crippen LogP contribution in [-0.4, -0.2) is 47.9 Å². The average molecular weight is 495 g/mol. The van der Waals surface area contributed by atoms with E-state index >= 15 is 0 Å². The summed E-state index contributed by atoms with van der Waals surface area (Å²) in [6.45, 7) is 2.06. The normalized spacial score (nSPS) is 18.1. The lowest BCUT2D eigenvalue weighted by molar-refractivity contribution is -0.139. The molecule has 182 valence electrons. The monoisotopic (exact) mass is 494 g/mol. The lowest BCUT2D eigenvalue weighted by Crippen LogP contribution is -2.46. The first-order valence-corrected chi connectivity index (χ1v) is 11.7. The highest BCUT2D eigenvalue weighted by molar-refractivity contribution is 6.33. The van der Waals surface area contributed by atoms with E-state index in [0.29, 0.717) is 57.7 Å². The molecule has 2 amide bonds. The van der Waals surface area contributed by atoms with Gasteiger partial charge in [0.15, 0.2) is 0 Å². The topological polar surface area (TPSA) is 65.5 Å². The summed E-state index contributed by atoms with van der Waals surface area (Å²) in [5.41, 5.74) is -0.118. The van der Waals surface area contributed by atoms with E-state index in [2.05, 4.69) is 10.3 Å². The number of rotatable bonds is 4. The summed E-state index contributed by atoms with van der Waals surface area (Å²) in [4.78, 5) is 33.1. The summed E-state index contributed by atoms with van der Waals surface area (Å²) in [6, 6.07) is 10.2. The molecule has 3 heterocycles. The van der Waals surface area contributed by atoms with Crippen LogP contribution >= 0.6 is 11.6 Å². The quantitative estimate of drug-likeness (QED) is 0.660. The van der Waals surface area contributed by atoms with Crippen LogP contribution in [0.3, 0.4) is 0 Å². The molecule has 0 saturated carbocycles. The number of amides is 2. The van der Waals surface area contributed by atoms with E-state index < -0.39 is 11.7 Å². The van der Waals surface area contributed by atoms with Crippen LogP contribution in [0.25, 0.3) is 0 Å². The first kappa shape index (κ1) is 24.3. The minimum Gasteiger partial charge on any atom is -0.355 e. The van der Waals surface area contributed by atoms with Gasteiger partial charge in [0.2, 0.25) is 11.8 Å². The number of halogens is 4. The van der Waals surface area contributed by atoms with Crippen molar-refractivity contribution in [3.05, 3.63) is 53.2 Å². The van der Waals surface area contributed by atoms with Crippen molar-refractivity contribution in [2.24, 2.45) is 11.8 Å². The number of benzene rings is 1. The second kappa shape index (κ2) is 10.2. The fourth-order valence-electron chi connectivity index (χ4n) is 4.54. The third-order valence-corrected chi connectivity index (χ3v) is 6.79. The zero-order valence-corrected chi connectivity index (χ0v) is 19.3. The molecule has 2 aromatic rings. The number of carbonyl (C=O) groups is 2. The van der Waals surface area contributed by atoms with Gasteiger partial charge in [-0.2, -0.15) is 13.2 Å². The maximum Gasteiger partial charge on any atom is 0.417 e. The molecule has 1 N–H and O–H groups in total. The molecule has 6 nitrogen and oxygen atoms in total. The number of pyridine rings is 1. The number of likely N-dealkylation sites (tertiary alicyclic amines) is 1. The van der Waals surface area contributed by atoms with Gasteiger partial charge in [-0.3, -0.25) is 9.59 Å². The summed E-state index contributed by atoms with van der Waals surface area (Å²) in [7, 11) is 0. The van der Waals surface area contributed by atoms with Crippen molar-refractivity contribution in [1.82, 2.24) is 9.88 Å². The van der Waals surface area contributed by atoms with Gasteiger partial charge in [0.25, 0.3) is 0 Å². The second-order valence-electron chi connectivity index (χ2n) is 8.74. The van der Waals surface area contributed by atoms with Crippen molar-refractivity contribution in [1.29, 1.82) is 0 Å². The molecule has 10 heteroatoms. The molecule has 0 aliphatic carbocycles. The van der Waals surface area contributed by atoms with Crippen molar-refractivity contribution in [3.63, 3.8) is 0 Å². The van der Waals surface area contributed by atoms with E-state index in [1.54, 1.807) is 0 Å². The molecule has 4 rings (SSSR count). The van der Waals surface area contributed by atoms with Crippen molar-refractivity contribution in [2.75, 3.05) is 36.4 Å². The highest BCUT2D eigenvalue weighted by Gasteiger charge is 2.35. The van der Waals surface area contributed by atoms with Crippen molar-refractivity contribution >= 4 is 34.9 Å². The summed E-state index contributed by atoms with van der Waals surface area (Å²) in [5.74, 6) is 0.0875. The number of aromatic nitrogens is 1. The van der Waals surface area contributed by atoms with E-state index in [4.69, 9.17) is 11.6 Å². The predicted octanol–water partition coefficient (Wildman–Crippen LogP) is 4.85. The molecular formula is C24H26ClF3N4O2. The van der Waals surface area contributed by atoms with E-state index in [0.717, 1.165) is 18.0 Å². The van der Waals surface area contributed by atoms with Crippen molar-refractivity contribution < 1.29 is 22.8 Å². The van der Waals surface area contributed by atoms with Gasteiger partial charge in [0.1, 0.15) is 5.82 Å². The number of anilines is 2. The molecule has 2 aliphatic heterocycles. The summed E-state index contributed by atoms with van der Waals surface area (Å²) in [6.07, 6.45) is -1.32. The van der Waals surface area contributed by atoms with Crippen LogP contribution < -0.4 is 10.2 Å². The fraction of sp³-hybridized carbons (Fsp3) is 0.458. The number of hydrogen-bond donors (Lipinski definition) is 1. The number of alkyl halides is 3. The van der Waals surface area contributed by atoms with E-state index in [1.807, 2.05) is 40.1 Å². The minimum absolute atomic E-state index is 0.0208. The van der Waals surface area contributed by atoms with Gasteiger partial charge >= 0.3 is 6.18 Å². The first-order valence-electron chi connectivity index (χ1n) is 11.3. The van der Waals surface area contributed by atoms with Gasteiger partial charge in [0, 0.05) is 49.9 Å². The molecular weight excluding hydrogens is 469 g/mol. The lowest BCUT2D eigenvalue weighted by atomic mass is 9.91. The van der Waals surface area contributed by atoms with Gasteiger partial charge in [-0.1, -0.05) is 29.8 Å². The first-order chi connectivity index (χ1) is 16.2. The lowest BCUT2D eigenvalue weighted by Gasteiger charge is -2.37. The summed E-state index contributed by atoms with van der Waals surface area (Å²) >= 11 is 6.07. The molecule has 2 fully saturated rings. The van der Waals surface area contributed by atoms with Crippen LogP contribution in [0.5, 0.6) is 0 Å². The Morgan fingerprint density at radius 3 is 2.18 bits per heavy atom. The van der Waals surface area contributed by atoms with Gasteiger partial charge in [-0.15, -0.1) is 0 Å². The largest absolute Gasteiger partial charge is 0.417 e. The number of hydrogen-bond acceptors (Lipinski definition) is 4. The maximum atomic E-state index is 13.0. The molecule has 0 unspecified atom stereocenters. The third kappa shape index (κ3) is 5.63. The average Bonchev–Trinajstić information content (AvgIpc) is 2.84. The van der Waals surface area contributed by atoms with Crippen LogP contribution in [0.15, 0.2) is 42.6 Å². The number of nitrogens with zero attached hydrogens (tertiary/aromatic N) is 3. The smallest absolute Gasteiger partial charge is 0.355 e. The van der Waals surface area contributed by atoms with Crippen LogP contribution in [0.1, 0.15) is 31.2 Å². The number of piperidine rings is 2. The molecule has 34 heavy (non-hydrogen) atoms. The predicted molar refractivity (Wildman–Crippen MR) is 124 cm³/mol. The molecule has 0 bridgehead atoms. The third-order valence-electron chi connectivity index (χ3n) is 6.51.